The summed E-state index contributed by atoms with van der Waals surface area (Å²) in [5.41, 5.74) is 3.31. The van der Waals surface area contributed by atoms with Crippen LogP contribution in [0.25, 0.3) is 0 Å². The second-order valence-electron chi connectivity index (χ2n) is 5.47. The maximum Gasteiger partial charge on any atom is 0.244 e. The first-order valence-electron chi connectivity index (χ1n) is 7.32. The maximum atomic E-state index is 12.1. The predicted molar refractivity (Wildman–Crippen MR) is 87.9 cm³/mol. The number of carbonyl (C=O) groups is 1. The topological polar surface area (TPSA) is 88.1 Å². The number of amides is 1. The molecule has 1 atom stereocenters. The van der Waals surface area contributed by atoms with E-state index in [-0.39, 0.29) is 18.4 Å². The molecule has 8 heteroatoms. The number of sulfonamides is 1. The van der Waals surface area contributed by atoms with E-state index < -0.39 is 10.0 Å². The molecule has 1 heterocycles. The summed E-state index contributed by atoms with van der Waals surface area (Å²) in [6, 6.07) is 7.24. The fourth-order valence-corrected chi connectivity index (χ4v) is 3.32. The maximum absolute atomic E-state index is 12.1. The van der Waals surface area contributed by atoms with Crippen molar-refractivity contribution in [2.24, 2.45) is 11.0 Å². The van der Waals surface area contributed by atoms with Gasteiger partial charge in [-0.1, -0.05) is 0 Å². The Balaban J connectivity index is 1.89. The Morgan fingerprint density at radius 1 is 1.39 bits per heavy atom. The van der Waals surface area contributed by atoms with Crippen molar-refractivity contribution in [2.45, 2.75) is 12.8 Å². The minimum absolute atomic E-state index is 0.211. The van der Waals surface area contributed by atoms with Crippen molar-refractivity contribution in [1.29, 1.82) is 0 Å². The lowest BCUT2D eigenvalue weighted by Crippen LogP contribution is -2.44. The van der Waals surface area contributed by atoms with Crippen LogP contribution in [0.3, 0.4) is 0 Å². The van der Waals surface area contributed by atoms with Gasteiger partial charge in [0.25, 0.3) is 0 Å². The van der Waals surface area contributed by atoms with Crippen LogP contribution < -0.4 is 10.2 Å². The minimum atomic E-state index is -3.26. The number of rotatable bonds is 5. The first-order valence-corrected chi connectivity index (χ1v) is 9.17. The van der Waals surface area contributed by atoms with Crippen LogP contribution in [0.2, 0.25) is 0 Å². The molecule has 1 N–H and O–H groups in total. The third-order valence-corrected chi connectivity index (χ3v) is 5.00. The van der Waals surface area contributed by atoms with E-state index in [1.54, 1.807) is 19.2 Å². The van der Waals surface area contributed by atoms with Gasteiger partial charge in [-0.3, -0.25) is 4.79 Å². The Bertz CT molecular complexity index is 670. The molecule has 1 aliphatic rings. The lowest BCUT2D eigenvalue weighted by Gasteiger charge is -2.29. The van der Waals surface area contributed by atoms with Gasteiger partial charge in [-0.2, -0.15) is 5.10 Å². The smallest absolute Gasteiger partial charge is 0.244 e. The van der Waals surface area contributed by atoms with Gasteiger partial charge in [0.15, 0.2) is 0 Å². The van der Waals surface area contributed by atoms with E-state index in [9.17, 15) is 13.2 Å². The molecule has 0 saturated carbocycles. The summed E-state index contributed by atoms with van der Waals surface area (Å²) in [5.74, 6) is 0.115. The lowest BCUT2D eigenvalue weighted by molar-refractivity contribution is -0.126. The molecule has 1 fully saturated rings. The van der Waals surface area contributed by atoms with E-state index in [2.05, 4.69) is 10.5 Å². The van der Waals surface area contributed by atoms with Gasteiger partial charge in [0.05, 0.1) is 25.5 Å². The summed E-state index contributed by atoms with van der Waals surface area (Å²) in [5, 5.41) is 3.93. The van der Waals surface area contributed by atoms with Gasteiger partial charge in [-0.15, -0.1) is 0 Å². The predicted octanol–water partition coefficient (Wildman–Crippen LogP) is 0.817. The van der Waals surface area contributed by atoms with Crippen LogP contribution in [0.5, 0.6) is 5.75 Å². The molecule has 0 aliphatic carbocycles. The molecule has 0 unspecified atom stereocenters. The van der Waals surface area contributed by atoms with Gasteiger partial charge >= 0.3 is 0 Å². The van der Waals surface area contributed by atoms with Gasteiger partial charge in [0.1, 0.15) is 5.75 Å². The van der Waals surface area contributed by atoms with Crippen LogP contribution in [0.4, 0.5) is 0 Å². The number of hydrogen-bond acceptors (Lipinski definition) is 5. The van der Waals surface area contributed by atoms with Crippen molar-refractivity contribution in [1.82, 2.24) is 9.73 Å². The molecule has 7 nitrogen and oxygen atoms in total. The molecule has 23 heavy (non-hydrogen) atoms. The van der Waals surface area contributed by atoms with Gasteiger partial charge in [0.2, 0.25) is 15.9 Å². The number of ether oxygens (including phenoxy) is 1. The van der Waals surface area contributed by atoms with Gasteiger partial charge in [-0.05, 0) is 42.7 Å². The van der Waals surface area contributed by atoms with Crippen LogP contribution in [0, 0.1) is 5.92 Å². The third-order valence-electron chi connectivity index (χ3n) is 3.73. The molecule has 1 saturated heterocycles. The Kier molecular flexibility index (Phi) is 5.73. The number of carbonyl (C=O) groups excluding carboxylic acids is 1. The van der Waals surface area contributed by atoms with Crippen molar-refractivity contribution in [3.63, 3.8) is 0 Å². The highest BCUT2D eigenvalue weighted by Crippen LogP contribution is 2.18. The molecular weight excluding hydrogens is 318 g/mol. The standard InChI is InChI=1S/C15H21N3O4S/c1-22-14-7-5-12(6-8-14)10-16-17-15(19)13-4-3-9-18(11-13)23(2,20)21/h5-8,10,13H,3-4,9,11H2,1-2H3,(H,17,19)/b16-10-/t13-/m0/s1. The zero-order chi connectivity index (χ0) is 16.9. The minimum Gasteiger partial charge on any atom is -0.497 e. The van der Waals surface area contributed by atoms with Crippen LogP contribution in [0.1, 0.15) is 18.4 Å². The molecule has 0 bridgehead atoms. The zero-order valence-electron chi connectivity index (χ0n) is 13.2. The number of nitrogens with one attached hydrogen (secondary N) is 1. The number of piperidine rings is 1. The summed E-state index contributed by atoms with van der Waals surface area (Å²) >= 11 is 0. The SMILES string of the molecule is COc1ccc(/C=N\NC(=O)[C@H]2CCCN(S(C)(=O)=O)C2)cc1. The van der Waals surface area contributed by atoms with Crippen LogP contribution in [-0.4, -0.2) is 51.3 Å². The second-order valence-corrected chi connectivity index (χ2v) is 7.45. The van der Waals surface area contributed by atoms with E-state index in [1.807, 2.05) is 12.1 Å². The Morgan fingerprint density at radius 2 is 2.09 bits per heavy atom. The fraction of sp³-hybridized carbons (Fsp3) is 0.467. The van der Waals surface area contributed by atoms with Crippen molar-refractivity contribution in [2.75, 3.05) is 26.5 Å². The van der Waals surface area contributed by atoms with Crippen molar-refractivity contribution >= 4 is 22.1 Å². The van der Waals surface area contributed by atoms with Gasteiger partial charge in [0, 0.05) is 13.1 Å². The second kappa shape index (κ2) is 7.56. The average Bonchev–Trinajstić information content (AvgIpc) is 2.54. The first-order chi connectivity index (χ1) is 10.9. The molecule has 1 aliphatic heterocycles. The summed E-state index contributed by atoms with van der Waals surface area (Å²) in [6.45, 7) is 0.681. The van der Waals surface area contributed by atoms with E-state index >= 15 is 0 Å². The summed E-state index contributed by atoms with van der Waals surface area (Å²) in [6.07, 6.45) is 4.03. The number of benzene rings is 1. The highest BCUT2D eigenvalue weighted by Gasteiger charge is 2.29. The molecule has 0 radical (unpaired) electrons. The Labute approximate surface area is 136 Å². The molecule has 126 valence electrons. The van der Waals surface area contributed by atoms with E-state index in [0.29, 0.717) is 19.4 Å². The molecule has 2 rings (SSSR count). The number of hydrogen-bond donors (Lipinski definition) is 1. The summed E-state index contributed by atoms with van der Waals surface area (Å²) in [7, 11) is -1.67. The van der Waals surface area contributed by atoms with Crippen LogP contribution >= 0.6 is 0 Å². The van der Waals surface area contributed by atoms with E-state index in [0.717, 1.165) is 17.6 Å². The highest BCUT2D eigenvalue weighted by atomic mass is 32.2. The Morgan fingerprint density at radius 3 is 2.70 bits per heavy atom. The van der Waals surface area contributed by atoms with Crippen LogP contribution in [0.15, 0.2) is 29.4 Å². The van der Waals surface area contributed by atoms with E-state index in [1.165, 1.54) is 10.5 Å². The molecule has 1 amide bonds. The highest BCUT2D eigenvalue weighted by molar-refractivity contribution is 7.88. The van der Waals surface area contributed by atoms with Crippen molar-refractivity contribution in [3.8, 4) is 5.75 Å². The zero-order valence-corrected chi connectivity index (χ0v) is 14.0. The van der Waals surface area contributed by atoms with Crippen LogP contribution in [-0.2, 0) is 14.8 Å². The van der Waals surface area contributed by atoms with Gasteiger partial charge in [-0.25, -0.2) is 18.1 Å². The number of methoxy groups -OCH3 is 1. The first kappa shape index (κ1) is 17.4. The fourth-order valence-electron chi connectivity index (χ4n) is 2.41. The lowest BCUT2D eigenvalue weighted by atomic mass is 9.99. The quantitative estimate of drug-likeness (QED) is 0.635. The monoisotopic (exact) mass is 339 g/mol. The van der Waals surface area contributed by atoms with E-state index in [4.69, 9.17) is 4.74 Å². The summed E-state index contributed by atoms with van der Waals surface area (Å²) < 4.78 is 29.5. The Hall–Kier alpha value is -1.93. The average molecular weight is 339 g/mol. The molecular formula is C15H21N3O4S. The van der Waals surface area contributed by atoms with Crippen molar-refractivity contribution < 1.29 is 17.9 Å². The summed E-state index contributed by atoms with van der Waals surface area (Å²) in [4.78, 5) is 12.1. The molecule has 0 spiro atoms. The third kappa shape index (κ3) is 5.04. The molecule has 0 aromatic heterocycles. The molecule has 1 aromatic carbocycles. The molecule has 1 aromatic rings. The number of hydrazone groups is 1. The number of nitrogens with zero attached hydrogens (tertiary/aromatic N) is 2. The normalized spacial score (nSPS) is 19.7. The van der Waals surface area contributed by atoms with Crippen molar-refractivity contribution in [3.05, 3.63) is 29.8 Å². The largest absolute Gasteiger partial charge is 0.497 e. The van der Waals surface area contributed by atoms with Gasteiger partial charge < -0.3 is 4.74 Å².